The lowest BCUT2D eigenvalue weighted by Gasteiger charge is -2.44. The molecule has 0 aliphatic carbocycles. The van der Waals surface area contributed by atoms with Gasteiger partial charge in [0, 0.05) is 45.0 Å². The normalized spacial score (nSPS) is 21.9. The van der Waals surface area contributed by atoms with Crippen LogP contribution in [0.15, 0.2) is 12.3 Å². The Kier molecular flexibility index (Phi) is 3.82. The molecule has 0 saturated carbocycles. The van der Waals surface area contributed by atoms with Crippen LogP contribution in [0.2, 0.25) is 0 Å². The van der Waals surface area contributed by atoms with Crippen molar-refractivity contribution in [1.29, 1.82) is 0 Å². The molecule has 118 valence electrons. The topological polar surface area (TPSA) is 98.4 Å². The minimum Gasteiger partial charge on any atom is -0.359 e. The number of rotatable bonds is 4. The van der Waals surface area contributed by atoms with E-state index in [4.69, 9.17) is 0 Å². The van der Waals surface area contributed by atoms with Crippen LogP contribution in [0, 0.1) is 5.92 Å². The zero-order chi connectivity index (χ0) is 15.7. The highest BCUT2D eigenvalue weighted by Gasteiger charge is 2.43. The van der Waals surface area contributed by atoms with Crippen molar-refractivity contribution in [3.05, 3.63) is 18.0 Å². The molecule has 0 aromatic carbocycles. The summed E-state index contributed by atoms with van der Waals surface area (Å²) in [4.78, 5) is 39.2. The number of nitrogens with one attached hydrogen (secondary N) is 2. The van der Waals surface area contributed by atoms with Gasteiger partial charge in [0.05, 0.1) is 18.4 Å². The summed E-state index contributed by atoms with van der Waals surface area (Å²) in [7, 11) is 1.58. The van der Waals surface area contributed by atoms with Crippen molar-refractivity contribution in [1.82, 2.24) is 25.3 Å². The molecule has 22 heavy (non-hydrogen) atoms. The van der Waals surface area contributed by atoms with Crippen LogP contribution in [0.25, 0.3) is 0 Å². The molecule has 3 amide bonds. The van der Waals surface area contributed by atoms with Crippen molar-refractivity contribution in [2.45, 2.75) is 18.9 Å². The molecule has 1 unspecified atom stereocenters. The molecule has 2 N–H and O–H groups in total. The first-order valence-electron chi connectivity index (χ1n) is 7.35. The number of aromatic amines is 1. The van der Waals surface area contributed by atoms with Crippen molar-refractivity contribution in [3.63, 3.8) is 0 Å². The smallest absolute Gasteiger partial charge is 0.228 e. The molecule has 0 radical (unpaired) electrons. The van der Waals surface area contributed by atoms with E-state index in [1.54, 1.807) is 29.1 Å². The highest BCUT2D eigenvalue weighted by atomic mass is 16.2. The van der Waals surface area contributed by atoms with E-state index in [0.717, 1.165) is 5.69 Å². The number of hydrogen-bond donors (Lipinski definition) is 2. The quantitative estimate of drug-likeness (QED) is 0.727. The first-order chi connectivity index (χ1) is 10.6. The number of likely N-dealkylation sites (tertiary alicyclic amines) is 2. The van der Waals surface area contributed by atoms with Crippen LogP contribution >= 0.6 is 0 Å². The minimum atomic E-state index is -0.271. The van der Waals surface area contributed by atoms with E-state index in [1.807, 2.05) is 0 Å². The minimum absolute atomic E-state index is 0.000679. The van der Waals surface area contributed by atoms with Crippen LogP contribution in [0.4, 0.5) is 0 Å². The van der Waals surface area contributed by atoms with Gasteiger partial charge in [-0.3, -0.25) is 19.5 Å². The summed E-state index contributed by atoms with van der Waals surface area (Å²) in [6, 6.07) is 1.81. The van der Waals surface area contributed by atoms with Gasteiger partial charge in [0.1, 0.15) is 0 Å². The Morgan fingerprint density at radius 3 is 2.82 bits per heavy atom. The monoisotopic (exact) mass is 305 g/mol. The molecule has 1 aromatic rings. The van der Waals surface area contributed by atoms with Gasteiger partial charge in [-0.2, -0.15) is 5.10 Å². The highest BCUT2D eigenvalue weighted by molar-refractivity contribution is 5.89. The lowest BCUT2D eigenvalue weighted by atomic mass is 10.1. The Morgan fingerprint density at radius 2 is 2.18 bits per heavy atom. The molecule has 1 atom stereocenters. The van der Waals surface area contributed by atoms with E-state index in [-0.39, 0.29) is 36.1 Å². The summed E-state index contributed by atoms with van der Waals surface area (Å²) < 4.78 is 0. The summed E-state index contributed by atoms with van der Waals surface area (Å²) in [5.41, 5.74) is 0.783. The fourth-order valence-corrected chi connectivity index (χ4v) is 2.98. The number of amides is 3. The van der Waals surface area contributed by atoms with E-state index in [2.05, 4.69) is 15.5 Å². The van der Waals surface area contributed by atoms with E-state index in [0.29, 0.717) is 26.1 Å². The van der Waals surface area contributed by atoms with Crippen molar-refractivity contribution < 1.29 is 14.4 Å². The second-order valence-electron chi connectivity index (χ2n) is 5.77. The van der Waals surface area contributed by atoms with Crippen molar-refractivity contribution in [2.75, 3.05) is 26.7 Å². The molecule has 8 heteroatoms. The Balaban J connectivity index is 1.50. The maximum absolute atomic E-state index is 12.1. The van der Waals surface area contributed by atoms with E-state index in [9.17, 15) is 14.4 Å². The van der Waals surface area contributed by atoms with Gasteiger partial charge in [0.25, 0.3) is 0 Å². The summed E-state index contributed by atoms with van der Waals surface area (Å²) in [5, 5.41) is 9.16. The number of carbonyl (C=O) groups is 3. The highest BCUT2D eigenvalue weighted by Crippen LogP contribution is 2.25. The third-order valence-corrected chi connectivity index (χ3v) is 4.33. The molecule has 3 heterocycles. The predicted octanol–water partition coefficient (Wildman–Crippen LogP) is -1.24. The third-order valence-electron chi connectivity index (χ3n) is 4.33. The molecular weight excluding hydrogens is 286 g/mol. The van der Waals surface area contributed by atoms with Crippen LogP contribution in [-0.4, -0.2) is 70.4 Å². The second-order valence-corrected chi connectivity index (χ2v) is 5.77. The van der Waals surface area contributed by atoms with Crippen LogP contribution in [0.3, 0.4) is 0 Å². The maximum atomic E-state index is 12.1. The van der Waals surface area contributed by atoms with E-state index >= 15 is 0 Å². The van der Waals surface area contributed by atoms with Crippen LogP contribution in [-0.2, 0) is 20.8 Å². The van der Waals surface area contributed by atoms with Crippen molar-refractivity contribution in [3.8, 4) is 0 Å². The molecule has 0 spiro atoms. The Labute approximate surface area is 127 Å². The first kappa shape index (κ1) is 14.6. The molecule has 2 aliphatic heterocycles. The van der Waals surface area contributed by atoms with E-state index in [1.165, 1.54) is 0 Å². The van der Waals surface area contributed by atoms with Crippen LogP contribution in [0.5, 0.6) is 0 Å². The third kappa shape index (κ3) is 2.68. The standard InChI is InChI=1S/C14H19N5O3/c1-15-14(22)9-4-13(21)19(6-9)11-7-18(8-11)12(20)5-10-2-3-16-17-10/h2-3,9,11H,4-8H2,1H3,(H,15,22)(H,16,17). The molecule has 0 bridgehead atoms. The van der Waals surface area contributed by atoms with Crippen LogP contribution in [0.1, 0.15) is 12.1 Å². The largest absolute Gasteiger partial charge is 0.359 e. The zero-order valence-corrected chi connectivity index (χ0v) is 12.4. The lowest BCUT2D eigenvalue weighted by Crippen LogP contribution is -2.61. The number of aromatic nitrogens is 2. The van der Waals surface area contributed by atoms with Gasteiger partial charge in [-0.15, -0.1) is 0 Å². The van der Waals surface area contributed by atoms with Gasteiger partial charge in [-0.1, -0.05) is 0 Å². The predicted molar refractivity (Wildman–Crippen MR) is 76.5 cm³/mol. The van der Waals surface area contributed by atoms with Gasteiger partial charge >= 0.3 is 0 Å². The van der Waals surface area contributed by atoms with Crippen molar-refractivity contribution >= 4 is 17.7 Å². The number of carbonyl (C=O) groups excluding carboxylic acids is 3. The zero-order valence-electron chi connectivity index (χ0n) is 12.4. The van der Waals surface area contributed by atoms with E-state index < -0.39 is 0 Å². The van der Waals surface area contributed by atoms with Gasteiger partial charge < -0.3 is 15.1 Å². The Morgan fingerprint density at radius 1 is 1.41 bits per heavy atom. The SMILES string of the molecule is CNC(=O)C1CC(=O)N(C2CN(C(=O)Cc3ccn[nH]3)C2)C1. The molecule has 2 saturated heterocycles. The second kappa shape index (κ2) is 5.78. The summed E-state index contributed by atoms with van der Waals surface area (Å²) >= 11 is 0. The Hall–Kier alpha value is -2.38. The first-order valence-corrected chi connectivity index (χ1v) is 7.35. The summed E-state index contributed by atoms with van der Waals surface area (Å²) in [5.74, 6) is -0.344. The molecule has 8 nitrogen and oxygen atoms in total. The fraction of sp³-hybridized carbons (Fsp3) is 0.571. The molecule has 3 rings (SSSR count). The molecule has 2 fully saturated rings. The number of hydrogen-bond acceptors (Lipinski definition) is 4. The Bertz CT molecular complexity index is 579. The maximum Gasteiger partial charge on any atom is 0.228 e. The fourth-order valence-electron chi connectivity index (χ4n) is 2.98. The van der Waals surface area contributed by atoms with Gasteiger partial charge in [-0.25, -0.2) is 0 Å². The summed E-state index contributed by atoms with van der Waals surface area (Å²) in [6.07, 6.45) is 2.17. The van der Waals surface area contributed by atoms with Gasteiger partial charge in [0.15, 0.2) is 0 Å². The van der Waals surface area contributed by atoms with Gasteiger partial charge in [0.2, 0.25) is 17.7 Å². The number of nitrogens with zero attached hydrogens (tertiary/aromatic N) is 3. The average molecular weight is 305 g/mol. The van der Waals surface area contributed by atoms with Crippen molar-refractivity contribution in [2.24, 2.45) is 5.92 Å². The molecule has 1 aromatic heterocycles. The molecular formula is C14H19N5O3. The average Bonchev–Trinajstić information content (AvgIpc) is 3.07. The lowest BCUT2D eigenvalue weighted by molar-refractivity contribution is -0.143. The number of H-pyrrole nitrogens is 1. The molecule has 2 aliphatic rings. The van der Waals surface area contributed by atoms with Gasteiger partial charge in [-0.05, 0) is 6.07 Å². The van der Waals surface area contributed by atoms with Crippen LogP contribution < -0.4 is 5.32 Å². The summed E-state index contributed by atoms with van der Waals surface area (Å²) in [6.45, 7) is 1.53.